The first-order valence-corrected chi connectivity index (χ1v) is 8.38. The number of likely N-dealkylation sites (tertiary alicyclic amines) is 1. The van der Waals surface area contributed by atoms with Gasteiger partial charge in [-0.1, -0.05) is 13.8 Å². The van der Waals surface area contributed by atoms with Crippen LogP contribution in [-0.4, -0.2) is 29.5 Å². The van der Waals surface area contributed by atoms with Gasteiger partial charge in [0, 0.05) is 11.4 Å². The Bertz CT molecular complexity index is 416. The summed E-state index contributed by atoms with van der Waals surface area (Å²) in [6, 6.07) is 0. The van der Waals surface area contributed by atoms with Crippen molar-refractivity contribution in [2.24, 2.45) is 5.73 Å². The van der Waals surface area contributed by atoms with Gasteiger partial charge in [0.15, 0.2) is 0 Å². The molecule has 0 amide bonds. The molecular formula is C15H27N3S. The highest BCUT2D eigenvalue weighted by Gasteiger charge is 2.33. The van der Waals surface area contributed by atoms with Crippen molar-refractivity contribution in [3.8, 4) is 0 Å². The van der Waals surface area contributed by atoms with Gasteiger partial charge < -0.3 is 10.6 Å². The minimum atomic E-state index is -0.189. The summed E-state index contributed by atoms with van der Waals surface area (Å²) >= 11 is 1.81. The monoisotopic (exact) mass is 281 g/mol. The number of aryl methyl sites for hydroxylation is 2. The van der Waals surface area contributed by atoms with Gasteiger partial charge in [-0.3, -0.25) is 0 Å². The molecule has 0 aliphatic carbocycles. The van der Waals surface area contributed by atoms with E-state index in [1.165, 1.54) is 41.5 Å². The molecule has 0 aromatic carbocycles. The van der Waals surface area contributed by atoms with Crippen molar-refractivity contribution < 1.29 is 0 Å². The summed E-state index contributed by atoms with van der Waals surface area (Å²) in [6.45, 7) is 10.1. The normalized spacial score (nSPS) is 25.5. The molecule has 1 unspecified atom stereocenters. The van der Waals surface area contributed by atoms with E-state index in [4.69, 9.17) is 10.7 Å². The first-order chi connectivity index (χ1) is 9.09. The highest BCUT2D eigenvalue weighted by atomic mass is 32.1. The number of aromatic nitrogens is 1. The highest BCUT2D eigenvalue weighted by molar-refractivity contribution is 7.11. The SMILES string of the molecule is CCCN1CCCC(N)(c2nc(CC)c(C)s2)CC1. The third kappa shape index (κ3) is 3.36. The fraction of sp³-hybridized carbons (Fsp3) is 0.800. The Kier molecular flexibility index (Phi) is 4.98. The van der Waals surface area contributed by atoms with Crippen LogP contribution >= 0.6 is 11.3 Å². The molecule has 1 atom stereocenters. The van der Waals surface area contributed by atoms with Gasteiger partial charge in [-0.2, -0.15) is 0 Å². The average molecular weight is 281 g/mol. The van der Waals surface area contributed by atoms with Crippen LogP contribution < -0.4 is 5.73 Å². The van der Waals surface area contributed by atoms with E-state index >= 15 is 0 Å². The highest BCUT2D eigenvalue weighted by Crippen LogP contribution is 2.34. The fourth-order valence-electron chi connectivity index (χ4n) is 2.94. The predicted octanol–water partition coefficient (Wildman–Crippen LogP) is 3.06. The molecule has 0 radical (unpaired) electrons. The lowest BCUT2D eigenvalue weighted by Gasteiger charge is -2.26. The lowest BCUT2D eigenvalue weighted by molar-refractivity contribution is 0.276. The van der Waals surface area contributed by atoms with E-state index in [1.807, 2.05) is 11.3 Å². The molecule has 2 rings (SSSR count). The average Bonchev–Trinajstić information content (AvgIpc) is 2.67. The van der Waals surface area contributed by atoms with Crippen LogP contribution in [0.2, 0.25) is 0 Å². The van der Waals surface area contributed by atoms with Crippen molar-refractivity contribution in [1.82, 2.24) is 9.88 Å². The van der Waals surface area contributed by atoms with Crippen LogP contribution in [0.3, 0.4) is 0 Å². The standard InChI is InChI=1S/C15H27N3S/c1-4-9-18-10-6-7-15(16,8-11-18)14-17-13(5-2)12(3)19-14/h4-11,16H2,1-3H3. The number of rotatable bonds is 4. The summed E-state index contributed by atoms with van der Waals surface area (Å²) < 4.78 is 0. The summed E-state index contributed by atoms with van der Waals surface area (Å²) in [5, 5.41) is 1.17. The molecule has 1 saturated heterocycles. The van der Waals surface area contributed by atoms with E-state index in [9.17, 15) is 0 Å². The van der Waals surface area contributed by atoms with Gasteiger partial charge >= 0.3 is 0 Å². The Morgan fingerprint density at radius 3 is 2.74 bits per heavy atom. The Labute approximate surface area is 121 Å². The number of nitrogens with zero attached hydrogens (tertiary/aromatic N) is 2. The maximum Gasteiger partial charge on any atom is 0.113 e. The molecule has 1 fully saturated rings. The van der Waals surface area contributed by atoms with Crippen molar-refractivity contribution in [2.45, 2.75) is 58.4 Å². The lowest BCUT2D eigenvalue weighted by atomic mass is 9.92. The molecule has 0 spiro atoms. The van der Waals surface area contributed by atoms with Crippen LogP contribution in [0.4, 0.5) is 0 Å². The Balaban J connectivity index is 2.13. The molecule has 2 N–H and O–H groups in total. The van der Waals surface area contributed by atoms with Gasteiger partial charge in [-0.25, -0.2) is 4.98 Å². The summed E-state index contributed by atoms with van der Waals surface area (Å²) in [5.74, 6) is 0. The summed E-state index contributed by atoms with van der Waals surface area (Å²) in [6.07, 6.45) is 5.55. The van der Waals surface area contributed by atoms with Gasteiger partial charge in [-0.05, 0) is 52.1 Å². The van der Waals surface area contributed by atoms with E-state index in [0.717, 1.165) is 25.8 Å². The smallest absolute Gasteiger partial charge is 0.113 e. The van der Waals surface area contributed by atoms with Crippen molar-refractivity contribution in [3.05, 3.63) is 15.6 Å². The van der Waals surface area contributed by atoms with Gasteiger partial charge in [-0.15, -0.1) is 11.3 Å². The molecule has 4 heteroatoms. The second-order valence-corrected chi connectivity index (χ2v) is 6.93. The molecule has 108 valence electrons. The molecule has 2 heterocycles. The summed E-state index contributed by atoms with van der Waals surface area (Å²) in [5.41, 5.74) is 7.74. The largest absolute Gasteiger partial charge is 0.319 e. The first kappa shape index (κ1) is 14.9. The van der Waals surface area contributed by atoms with Gasteiger partial charge in [0.05, 0.1) is 11.2 Å². The Morgan fingerprint density at radius 2 is 2.11 bits per heavy atom. The summed E-state index contributed by atoms with van der Waals surface area (Å²) in [7, 11) is 0. The van der Waals surface area contributed by atoms with Crippen LogP contribution in [0.1, 0.15) is 55.1 Å². The second-order valence-electron chi connectivity index (χ2n) is 5.73. The minimum absolute atomic E-state index is 0.189. The van der Waals surface area contributed by atoms with Crippen LogP contribution in [0.15, 0.2) is 0 Å². The van der Waals surface area contributed by atoms with Gasteiger partial charge in [0.25, 0.3) is 0 Å². The Hall–Kier alpha value is -0.450. The van der Waals surface area contributed by atoms with Crippen LogP contribution in [0.25, 0.3) is 0 Å². The van der Waals surface area contributed by atoms with Gasteiger partial charge in [0.2, 0.25) is 0 Å². The topological polar surface area (TPSA) is 42.1 Å². The molecule has 19 heavy (non-hydrogen) atoms. The third-order valence-electron chi connectivity index (χ3n) is 4.16. The molecule has 1 aliphatic rings. The van der Waals surface area contributed by atoms with Crippen molar-refractivity contribution in [2.75, 3.05) is 19.6 Å². The molecular weight excluding hydrogens is 254 g/mol. The first-order valence-electron chi connectivity index (χ1n) is 7.57. The van der Waals surface area contributed by atoms with E-state index < -0.39 is 0 Å². The second kappa shape index (κ2) is 6.33. The minimum Gasteiger partial charge on any atom is -0.319 e. The number of hydrogen-bond acceptors (Lipinski definition) is 4. The van der Waals surface area contributed by atoms with Crippen molar-refractivity contribution in [3.63, 3.8) is 0 Å². The quantitative estimate of drug-likeness (QED) is 0.922. The van der Waals surface area contributed by atoms with E-state index in [1.54, 1.807) is 0 Å². The molecule has 1 aromatic rings. The van der Waals surface area contributed by atoms with E-state index in [2.05, 4.69) is 25.7 Å². The molecule has 1 aliphatic heterocycles. The Morgan fingerprint density at radius 1 is 1.32 bits per heavy atom. The number of thiazole rings is 1. The predicted molar refractivity (Wildman–Crippen MR) is 82.7 cm³/mol. The molecule has 1 aromatic heterocycles. The number of hydrogen-bond donors (Lipinski definition) is 1. The zero-order valence-corrected chi connectivity index (χ0v) is 13.4. The fourth-order valence-corrected chi connectivity index (χ4v) is 4.10. The maximum absolute atomic E-state index is 6.70. The molecule has 0 bridgehead atoms. The van der Waals surface area contributed by atoms with Crippen LogP contribution in [0.5, 0.6) is 0 Å². The zero-order valence-electron chi connectivity index (χ0n) is 12.5. The van der Waals surface area contributed by atoms with Gasteiger partial charge in [0.1, 0.15) is 5.01 Å². The van der Waals surface area contributed by atoms with E-state index in [0.29, 0.717) is 0 Å². The third-order valence-corrected chi connectivity index (χ3v) is 5.40. The maximum atomic E-state index is 6.70. The molecule has 0 saturated carbocycles. The zero-order chi connectivity index (χ0) is 13.9. The molecule has 3 nitrogen and oxygen atoms in total. The van der Waals surface area contributed by atoms with E-state index in [-0.39, 0.29) is 5.54 Å². The summed E-state index contributed by atoms with van der Waals surface area (Å²) in [4.78, 5) is 8.71. The van der Waals surface area contributed by atoms with Crippen molar-refractivity contribution >= 4 is 11.3 Å². The van der Waals surface area contributed by atoms with Crippen molar-refractivity contribution in [1.29, 1.82) is 0 Å². The lowest BCUT2D eigenvalue weighted by Crippen LogP contribution is -2.38. The number of nitrogens with two attached hydrogens (primary N) is 1. The van der Waals surface area contributed by atoms with Crippen LogP contribution in [0, 0.1) is 6.92 Å². The van der Waals surface area contributed by atoms with Crippen LogP contribution in [-0.2, 0) is 12.0 Å².